The van der Waals surface area contributed by atoms with Crippen LogP contribution >= 0.6 is 0 Å². The quantitative estimate of drug-likeness (QED) is 0.252. The standard InChI is InChI=1S/C29H36BNO5Si/c1-27(2,3)37(22-15-10-8-11-16-22,23-17-12-9-13-18-23)34-21-24-25(19-14-20-26(24)31(32)33)30-35-28(4,5)29(6,7)36-30/h8-20H,21H2,1-7H3. The minimum absolute atomic E-state index is 0.00476. The predicted octanol–water partition coefficient (Wildman–Crippen LogP) is 4.97. The van der Waals surface area contributed by atoms with Crippen molar-refractivity contribution in [2.45, 2.75) is 71.3 Å². The van der Waals surface area contributed by atoms with E-state index in [1.807, 2.05) is 70.2 Å². The van der Waals surface area contributed by atoms with Crippen LogP contribution in [0, 0.1) is 10.1 Å². The Kier molecular flexibility index (Phi) is 7.25. The van der Waals surface area contributed by atoms with Crippen LogP contribution in [0.2, 0.25) is 5.04 Å². The third kappa shape index (κ3) is 4.91. The molecule has 1 aliphatic rings. The molecule has 0 aliphatic carbocycles. The van der Waals surface area contributed by atoms with Gasteiger partial charge in [0.15, 0.2) is 0 Å². The van der Waals surface area contributed by atoms with Crippen LogP contribution in [0.3, 0.4) is 0 Å². The van der Waals surface area contributed by atoms with Gasteiger partial charge in [-0.25, -0.2) is 0 Å². The second-order valence-electron chi connectivity index (χ2n) is 11.6. The van der Waals surface area contributed by atoms with Crippen LogP contribution in [-0.2, 0) is 20.3 Å². The third-order valence-electron chi connectivity index (χ3n) is 7.74. The number of nitro groups is 1. The molecular weight excluding hydrogens is 481 g/mol. The molecule has 0 spiro atoms. The summed E-state index contributed by atoms with van der Waals surface area (Å²) in [4.78, 5) is 11.8. The molecule has 0 atom stereocenters. The van der Waals surface area contributed by atoms with Crippen molar-refractivity contribution in [3.05, 3.63) is 94.5 Å². The SMILES string of the molecule is CC1(C)OB(c2cccc([N+](=O)[O-])c2CO[Si](c2ccccc2)(c2ccccc2)C(C)(C)C)OC1(C)C. The number of hydrogen-bond acceptors (Lipinski definition) is 5. The van der Waals surface area contributed by atoms with Crippen LogP contribution in [-0.4, -0.2) is 31.6 Å². The highest BCUT2D eigenvalue weighted by atomic mass is 28.4. The lowest BCUT2D eigenvalue weighted by atomic mass is 9.75. The van der Waals surface area contributed by atoms with Crippen LogP contribution in [0.5, 0.6) is 0 Å². The molecule has 1 heterocycles. The molecule has 8 heteroatoms. The zero-order chi connectivity index (χ0) is 27.1. The van der Waals surface area contributed by atoms with Crippen LogP contribution in [0.1, 0.15) is 54.0 Å². The summed E-state index contributed by atoms with van der Waals surface area (Å²) in [5.74, 6) is 0. The lowest BCUT2D eigenvalue weighted by molar-refractivity contribution is -0.385. The van der Waals surface area contributed by atoms with Gasteiger partial charge in [0, 0.05) is 6.07 Å². The summed E-state index contributed by atoms with van der Waals surface area (Å²) in [5.41, 5.74) is -0.0218. The highest BCUT2D eigenvalue weighted by Crippen LogP contribution is 2.39. The Balaban J connectivity index is 1.85. The minimum Gasteiger partial charge on any atom is -0.403 e. The van der Waals surface area contributed by atoms with E-state index in [0.717, 1.165) is 10.4 Å². The monoisotopic (exact) mass is 517 g/mol. The van der Waals surface area contributed by atoms with Gasteiger partial charge in [0.05, 0.1) is 28.3 Å². The van der Waals surface area contributed by atoms with Gasteiger partial charge in [-0.15, -0.1) is 0 Å². The number of benzene rings is 3. The third-order valence-corrected chi connectivity index (χ3v) is 12.7. The molecule has 0 amide bonds. The molecule has 0 bridgehead atoms. The zero-order valence-corrected chi connectivity index (χ0v) is 23.8. The fourth-order valence-electron chi connectivity index (χ4n) is 5.05. The van der Waals surface area contributed by atoms with Crippen molar-refractivity contribution in [2.75, 3.05) is 0 Å². The molecule has 4 rings (SSSR count). The maximum atomic E-state index is 12.2. The Hall–Kier alpha value is -2.78. The van der Waals surface area contributed by atoms with Gasteiger partial charge >= 0.3 is 7.12 Å². The van der Waals surface area contributed by atoms with Crippen molar-refractivity contribution < 1.29 is 18.7 Å². The zero-order valence-electron chi connectivity index (χ0n) is 22.8. The van der Waals surface area contributed by atoms with E-state index < -0.39 is 26.6 Å². The van der Waals surface area contributed by atoms with Crippen LogP contribution in [0.15, 0.2) is 78.9 Å². The molecule has 1 fully saturated rings. The Labute approximate surface area is 221 Å². The second kappa shape index (κ2) is 9.83. The second-order valence-corrected chi connectivity index (χ2v) is 15.9. The molecule has 0 aromatic heterocycles. The van der Waals surface area contributed by atoms with E-state index in [-0.39, 0.29) is 22.3 Å². The number of nitrogens with zero attached hydrogens (tertiary/aromatic N) is 1. The summed E-state index contributed by atoms with van der Waals surface area (Å²) in [5, 5.41) is 14.2. The van der Waals surface area contributed by atoms with Gasteiger partial charge in [0.2, 0.25) is 0 Å². The highest BCUT2D eigenvalue weighted by molar-refractivity contribution is 6.99. The van der Waals surface area contributed by atoms with Gasteiger partial charge in [-0.2, -0.15) is 0 Å². The number of nitro benzene ring substituents is 1. The fourth-order valence-corrected chi connectivity index (χ4v) is 9.57. The molecule has 0 radical (unpaired) electrons. The van der Waals surface area contributed by atoms with E-state index >= 15 is 0 Å². The normalized spacial score (nSPS) is 17.1. The molecule has 37 heavy (non-hydrogen) atoms. The molecule has 1 saturated heterocycles. The van der Waals surface area contributed by atoms with Crippen molar-refractivity contribution >= 4 is 37.0 Å². The van der Waals surface area contributed by atoms with E-state index in [2.05, 4.69) is 45.0 Å². The summed E-state index contributed by atoms with van der Waals surface area (Å²) in [6, 6.07) is 25.6. The first-order chi connectivity index (χ1) is 17.3. The molecule has 3 aromatic carbocycles. The van der Waals surface area contributed by atoms with Crippen LogP contribution < -0.4 is 15.8 Å². The van der Waals surface area contributed by atoms with E-state index in [9.17, 15) is 10.1 Å². The molecule has 0 N–H and O–H groups in total. The molecule has 3 aromatic rings. The van der Waals surface area contributed by atoms with Crippen molar-refractivity contribution in [3.8, 4) is 0 Å². The van der Waals surface area contributed by atoms with Crippen LogP contribution in [0.25, 0.3) is 0 Å². The van der Waals surface area contributed by atoms with E-state index in [1.165, 1.54) is 6.07 Å². The molecular formula is C29H36BNO5Si. The van der Waals surface area contributed by atoms with Gasteiger partial charge in [-0.05, 0) is 48.6 Å². The average molecular weight is 518 g/mol. The van der Waals surface area contributed by atoms with E-state index in [4.69, 9.17) is 13.7 Å². The topological polar surface area (TPSA) is 70.8 Å². The molecule has 0 saturated carbocycles. The molecule has 0 unspecified atom stereocenters. The molecule has 6 nitrogen and oxygen atoms in total. The Morgan fingerprint density at radius 3 is 1.76 bits per heavy atom. The van der Waals surface area contributed by atoms with E-state index in [0.29, 0.717) is 11.0 Å². The van der Waals surface area contributed by atoms with Gasteiger partial charge in [0.25, 0.3) is 14.0 Å². The lowest BCUT2D eigenvalue weighted by Gasteiger charge is -2.43. The maximum absolute atomic E-state index is 12.2. The van der Waals surface area contributed by atoms with Crippen LogP contribution in [0.4, 0.5) is 5.69 Å². The predicted molar refractivity (Wildman–Crippen MR) is 151 cm³/mol. The smallest absolute Gasteiger partial charge is 0.403 e. The largest absolute Gasteiger partial charge is 0.495 e. The van der Waals surface area contributed by atoms with Crippen molar-refractivity contribution in [1.29, 1.82) is 0 Å². The fraction of sp³-hybridized carbons (Fsp3) is 0.379. The number of rotatable bonds is 7. The molecule has 1 aliphatic heterocycles. The first-order valence-corrected chi connectivity index (χ1v) is 14.6. The van der Waals surface area contributed by atoms with Gasteiger partial charge in [-0.3, -0.25) is 10.1 Å². The first-order valence-electron chi connectivity index (χ1n) is 12.7. The summed E-state index contributed by atoms with van der Waals surface area (Å²) in [6.45, 7) is 14.5. The Morgan fingerprint density at radius 1 is 0.838 bits per heavy atom. The molecule has 194 valence electrons. The summed E-state index contributed by atoms with van der Waals surface area (Å²) in [7, 11) is -3.65. The first kappa shape index (κ1) is 27.3. The minimum atomic E-state index is -2.91. The Bertz CT molecular complexity index is 1200. The lowest BCUT2D eigenvalue weighted by Crippen LogP contribution is -2.66. The summed E-state index contributed by atoms with van der Waals surface area (Å²) < 4.78 is 19.7. The summed E-state index contributed by atoms with van der Waals surface area (Å²) >= 11 is 0. The summed E-state index contributed by atoms with van der Waals surface area (Å²) in [6.07, 6.45) is 0. The highest BCUT2D eigenvalue weighted by Gasteiger charge is 2.54. The Morgan fingerprint density at radius 2 is 1.32 bits per heavy atom. The van der Waals surface area contributed by atoms with Gasteiger partial charge in [-0.1, -0.05) is 93.6 Å². The average Bonchev–Trinajstić information content (AvgIpc) is 3.06. The van der Waals surface area contributed by atoms with Crippen molar-refractivity contribution in [3.63, 3.8) is 0 Å². The maximum Gasteiger partial charge on any atom is 0.495 e. The van der Waals surface area contributed by atoms with Crippen molar-refractivity contribution in [2.24, 2.45) is 0 Å². The van der Waals surface area contributed by atoms with Gasteiger partial charge in [0.1, 0.15) is 0 Å². The number of hydrogen-bond donors (Lipinski definition) is 0. The van der Waals surface area contributed by atoms with Crippen molar-refractivity contribution in [1.82, 2.24) is 0 Å². The van der Waals surface area contributed by atoms with Gasteiger partial charge < -0.3 is 13.7 Å². The van der Waals surface area contributed by atoms with E-state index in [1.54, 1.807) is 6.07 Å².